The van der Waals surface area contributed by atoms with E-state index in [2.05, 4.69) is 65.0 Å². The number of aliphatic carboxylic acids is 1. The van der Waals surface area contributed by atoms with Gasteiger partial charge in [0.25, 0.3) is 0 Å². The van der Waals surface area contributed by atoms with E-state index in [1.54, 1.807) is 0 Å². The third kappa shape index (κ3) is 4.34. The number of carbonyl (C=O) groups is 1. The molecule has 6 aliphatic rings. The maximum Gasteiger partial charge on any atom is 0.309 e. The minimum Gasteiger partial charge on any atom is -0.481 e. The van der Waals surface area contributed by atoms with Crippen LogP contribution in [0.3, 0.4) is 0 Å². The molecule has 1 aliphatic heterocycles. The summed E-state index contributed by atoms with van der Waals surface area (Å²) in [4.78, 5) is 12.8. The smallest absolute Gasteiger partial charge is 0.309 e. The van der Waals surface area contributed by atoms with Crippen molar-refractivity contribution in [1.29, 1.82) is 0 Å². The Hall–Kier alpha value is -1.43. The van der Waals surface area contributed by atoms with Gasteiger partial charge in [-0.2, -0.15) is 0 Å². The fourth-order valence-corrected chi connectivity index (χ4v) is 15.1. The van der Waals surface area contributed by atoms with Crippen molar-refractivity contribution in [3.63, 3.8) is 0 Å². The molecule has 1 aromatic carbocycles. The summed E-state index contributed by atoms with van der Waals surface area (Å²) in [5, 5.41) is 34.6. The lowest BCUT2D eigenvalue weighted by molar-refractivity contribution is -0.311. The first kappa shape index (κ1) is 35.0. The van der Waals surface area contributed by atoms with E-state index < -0.39 is 17.2 Å². The highest BCUT2D eigenvalue weighted by molar-refractivity contribution is 5.74. The Kier molecular flexibility index (Phi) is 8.41. The van der Waals surface area contributed by atoms with Crippen molar-refractivity contribution in [2.45, 2.75) is 163 Å². The highest BCUT2D eigenvalue weighted by Gasteiger charge is 2.81. The molecule has 48 heavy (non-hydrogen) atoms. The second-order valence-electron chi connectivity index (χ2n) is 19.3. The first-order valence-electron chi connectivity index (χ1n) is 19.9. The lowest BCUT2D eigenvalue weighted by Crippen LogP contribution is -2.74. The summed E-state index contributed by atoms with van der Waals surface area (Å²) in [6.07, 6.45) is 17.5. The molecule has 1 heterocycles. The zero-order chi connectivity index (χ0) is 34.4. The molecule has 6 fully saturated rings. The predicted octanol–water partition coefficient (Wildman–Crippen LogP) is 9.58. The quantitative estimate of drug-likeness (QED) is 0.229. The second-order valence-corrected chi connectivity index (χ2v) is 19.3. The highest BCUT2D eigenvalue weighted by Crippen LogP contribution is 2.84. The number of aliphatic hydroxyl groups excluding tert-OH is 1. The minimum absolute atomic E-state index is 0.0461. The molecule has 1 aromatic rings. The molecule has 5 heteroatoms. The molecule has 12 unspecified atom stereocenters. The molecule has 2 bridgehead atoms. The molecule has 0 radical (unpaired) electrons. The fraction of sp³-hybridized carbons (Fsp3) is 0.837. The number of benzene rings is 1. The standard InChI is InChI=1S/C43H66O5/c1-7-8-9-13-17-40-24-23-39(6)32(38(40,5)22-21-36(3)19-20-37(4,35(45)46)28-33(36)40)16-18-42-30(2)43(47,26-25-41(39,42)29-44)48-34(42)27-31-14-11-10-12-15-31/h10-12,14-15,30,32-34,44,47H,7-9,13,16-29H2,1-6H3,(H,45,46). The molecule has 0 amide bonds. The summed E-state index contributed by atoms with van der Waals surface area (Å²) in [5.74, 6) is -0.940. The van der Waals surface area contributed by atoms with E-state index in [-0.39, 0.29) is 51.1 Å². The molecule has 5 saturated carbocycles. The van der Waals surface area contributed by atoms with Crippen molar-refractivity contribution in [3.8, 4) is 0 Å². The van der Waals surface area contributed by atoms with Crippen molar-refractivity contribution < 1.29 is 24.9 Å². The Bertz CT molecular complexity index is 1380. The number of rotatable bonds is 9. The number of fused-ring (bicyclic) bond motifs is 7. The molecule has 5 nitrogen and oxygen atoms in total. The van der Waals surface area contributed by atoms with Crippen LogP contribution in [0, 0.1) is 55.7 Å². The number of carboxylic acid groups (broad SMARTS) is 1. The maximum atomic E-state index is 12.8. The van der Waals surface area contributed by atoms with E-state index >= 15 is 0 Å². The summed E-state index contributed by atoms with van der Waals surface area (Å²) >= 11 is 0. The molecule has 1 saturated heterocycles. The first-order valence-corrected chi connectivity index (χ1v) is 19.9. The molecule has 5 aliphatic carbocycles. The van der Waals surface area contributed by atoms with Gasteiger partial charge < -0.3 is 20.1 Å². The monoisotopic (exact) mass is 662 g/mol. The largest absolute Gasteiger partial charge is 0.481 e. The van der Waals surface area contributed by atoms with E-state index in [4.69, 9.17) is 4.74 Å². The molecule has 12 atom stereocenters. The van der Waals surface area contributed by atoms with Crippen molar-refractivity contribution in [2.24, 2.45) is 55.7 Å². The van der Waals surface area contributed by atoms with Crippen LogP contribution in [0.25, 0.3) is 0 Å². The first-order chi connectivity index (χ1) is 22.7. The molecular weight excluding hydrogens is 596 g/mol. The lowest BCUT2D eigenvalue weighted by atomic mass is 9.26. The third-order valence-corrected chi connectivity index (χ3v) is 18.0. The number of carboxylic acids is 1. The highest BCUT2D eigenvalue weighted by atomic mass is 16.6. The van der Waals surface area contributed by atoms with E-state index in [1.807, 2.05) is 6.92 Å². The normalized spacial score (nSPS) is 50.9. The van der Waals surface area contributed by atoms with Gasteiger partial charge in [-0.1, -0.05) is 90.6 Å². The summed E-state index contributed by atoms with van der Waals surface area (Å²) in [5.41, 5.74) is 0.207. The molecule has 7 rings (SSSR count). The SMILES string of the molecule is CCCCCCC12CCC3(C)C(CCC45C(Cc6ccccc6)OC(O)(CCC34CO)C5C)C1(C)CCC1(C)CCC(C)(C(=O)O)CC12. The zero-order valence-corrected chi connectivity index (χ0v) is 31.1. The minimum atomic E-state index is -1.14. The van der Waals surface area contributed by atoms with Gasteiger partial charge in [0, 0.05) is 29.8 Å². The van der Waals surface area contributed by atoms with Gasteiger partial charge in [0.15, 0.2) is 5.79 Å². The Morgan fingerprint density at radius 2 is 1.56 bits per heavy atom. The van der Waals surface area contributed by atoms with Crippen LogP contribution in [-0.4, -0.2) is 39.8 Å². The Labute approximate surface area is 291 Å². The van der Waals surface area contributed by atoms with Gasteiger partial charge >= 0.3 is 5.97 Å². The van der Waals surface area contributed by atoms with Gasteiger partial charge in [0.2, 0.25) is 0 Å². The van der Waals surface area contributed by atoms with Gasteiger partial charge in [-0.15, -0.1) is 0 Å². The Morgan fingerprint density at radius 1 is 0.854 bits per heavy atom. The van der Waals surface area contributed by atoms with Crippen LogP contribution in [0.1, 0.15) is 150 Å². The van der Waals surface area contributed by atoms with E-state index in [9.17, 15) is 20.1 Å². The summed E-state index contributed by atoms with van der Waals surface area (Å²) < 4.78 is 6.85. The van der Waals surface area contributed by atoms with Gasteiger partial charge in [-0.3, -0.25) is 4.79 Å². The summed E-state index contributed by atoms with van der Waals surface area (Å²) in [6, 6.07) is 10.6. The van der Waals surface area contributed by atoms with Gasteiger partial charge in [-0.25, -0.2) is 0 Å². The van der Waals surface area contributed by atoms with Crippen LogP contribution in [0.15, 0.2) is 30.3 Å². The van der Waals surface area contributed by atoms with E-state index in [0.29, 0.717) is 18.3 Å². The average molecular weight is 663 g/mol. The summed E-state index contributed by atoms with van der Waals surface area (Å²) in [6.45, 7) is 14.5. The average Bonchev–Trinajstić information content (AvgIpc) is 3.18. The van der Waals surface area contributed by atoms with Gasteiger partial charge in [-0.05, 0) is 123 Å². The Balaban J connectivity index is 1.33. The van der Waals surface area contributed by atoms with Crippen LogP contribution in [0.5, 0.6) is 0 Å². The predicted molar refractivity (Wildman–Crippen MR) is 190 cm³/mol. The van der Waals surface area contributed by atoms with Crippen LogP contribution < -0.4 is 0 Å². The maximum absolute atomic E-state index is 12.8. The fourth-order valence-electron chi connectivity index (χ4n) is 15.1. The third-order valence-electron chi connectivity index (χ3n) is 18.0. The Morgan fingerprint density at radius 3 is 2.25 bits per heavy atom. The molecule has 1 spiro atoms. The van der Waals surface area contributed by atoms with Crippen LogP contribution in [0.2, 0.25) is 0 Å². The van der Waals surface area contributed by atoms with Gasteiger partial charge in [0.05, 0.1) is 11.5 Å². The number of unbranched alkanes of at least 4 members (excludes halogenated alkanes) is 3. The topological polar surface area (TPSA) is 87.0 Å². The molecule has 3 N–H and O–H groups in total. The zero-order valence-electron chi connectivity index (χ0n) is 31.1. The number of hydrogen-bond acceptors (Lipinski definition) is 4. The summed E-state index contributed by atoms with van der Waals surface area (Å²) in [7, 11) is 0. The van der Waals surface area contributed by atoms with E-state index in [0.717, 1.165) is 57.8 Å². The van der Waals surface area contributed by atoms with Crippen molar-refractivity contribution in [3.05, 3.63) is 35.9 Å². The van der Waals surface area contributed by atoms with Crippen molar-refractivity contribution in [1.82, 2.24) is 0 Å². The number of aliphatic hydroxyl groups is 2. The lowest BCUT2D eigenvalue weighted by Gasteiger charge is -2.78. The van der Waals surface area contributed by atoms with Crippen LogP contribution in [0.4, 0.5) is 0 Å². The molecular formula is C43H66O5. The van der Waals surface area contributed by atoms with Crippen LogP contribution >= 0.6 is 0 Å². The van der Waals surface area contributed by atoms with Gasteiger partial charge in [0.1, 0.15) is 0 Å². The van der Waals surface area contributed by atoms with Crippen LogP contribution in [-0.2, 0) is 16.0 Å². The molecule has 0 aromatic heterocycles. The van der Waals surface area contributed by atoms with E-state index in [1.165, 1.54) is 50.5 Å². The second kappa shape index (κ2) is 11.5. The number of hydrogen-bond donors (Lipinski definition) is 3. The number of ether oxygens (including phenoxy) is 1. The van der Waals surface area contributed by atoms with Crippen molar-refractivity contribution >= 4 is 5.97 Å². The van der Waals surface area contributed by atoms with Crippen molar-refractivity contribution in [2.75, 3.05) is 6.61 Å². The molecule has 268 valence electrons.